The van der Waals surface area contributed by atoms with E-state index in [-0.39, 0.29) is 17.7 Å². The summed E-state index contributed by atoms with van der Waals surface area (Å²) in [5.74, 6) is -0.241. The summed E-state index contributed by atoms with van der Waals surface area (Å²) in [4.78, 5) is 15.1. The van der Waals surface area contributed by atoms with Crippen LogP contribution in [0.3, 0.4) is 0 Å². The molecular formula is C9H7ClN2OS. The summed E-state index contributed by atoms with van der Waals surface area (Å²) in [5, 5.41) is 0. The number of hydrogen-bond donors (Lipinski definition) is 1. The van der Waals surface area contributed by atoms with Crippen molar-refractivity contribution in [2.24, 2.45) is 11.7 Å². The Labute approximate surface area is 90.3 Å². The smallest absolute Gasteiger partial charge is 0.221 e. The molecule has 0 radical (unpaired) electrons. The average Bonchev–Trinajstić information content (AvgIpc) is 2.84. The van der Waals surface area contributed by atoms with E-state index in [0.29, 0.717) is 10.0 Å². The van der Waals surface area contributed by atoms with Crippen LogP contribution in [0.2, 0.25) is 4.34 Å². The molecule has 5 heteroatoms. The zero-order valence-corrected chi connectivity index (χ0v) is 8.73. The highest BCUT2D eigenvalue weighted by atomic mass is 35.5. The summed E-state index contributed by atoms with van der Waals surface area (Å²) in [6, 6.07) is 1.64. The molecule has 2 N–H and O–H groups in total. The van der Waals surface area contributed by atoms with Gasteiger partial charge in [-0.25, -0.2) is 4.85 Å². The van der Waals surface area contributed by atoms with Gasteiger partial charge in [0, 0.05) is 10.8 Å². The van der Waals surface area contributed by atoms with Crippen LogP contribution >= 0.6 is 22.9 Å². The number of primary amides is 1. The lowest BCUT2D eigenvalue weighted by Crippen LogP contribution is -2.13. The fourth-order valence-corrected chi connectivity index (χ4v) is 2.87. The molecule has 0 aliphatic heterocycles. The maximum absolute atomic E-state index is 10.9. The van der Waals surface area contributed by atoms with Crippen LogP contribution in [0.5, 0.6) is 0 Å². The van der Waals surface area contributed by atoms with Crippen LogP contribution in [0.15, 0.2) is 6.07 Å². The first-order valence-corrected chi connectivity index (χ1v) is 5.29. The van der Waals surface area contributed by atoms with Gasteiger partial charge in [0.05, 0.1) is 10.9 Å². The lowest BCUT2D eigenvalue weighted by Gasteiger charge is -1.93. The highest BCUT2D eigenvalue weighted by Crippen LogP contribution is 2.53. The van der Waals surface area contributed by atoms with Gasteiger partial charge in [0.2, 0.25) is 11.6 Å². The van der Waals surface area contributed by atoms with Crippen LogP contribution in [-0.2, 0) is 4.79 Å². The molecule has 72 valence electrons. The van der Waals surface area contributed by atoms with Gasteiger partial charge in [0.25, 0.3) is 0 Å². The van der Waals surface area contributed by atoms with E-state index in [0.717, 1.165) is 11.3 Å². The average molecular weight is 227 g/mol. The maximum Gasteiger partial charge on any atom is 0.221 e. The number of rotatable bonds is 2. The van der Waals surface area contributed by atoms with E-state index in [2.05, 4.69) is 4.85 Å². The molecule has 1 heterocycles. The normalized spacial score (nSPS) is 24.3. The van der Waals surface area contributed by atoms with E-state index in [1.807, 2.05) is 0 Å². The SMILES string of the molecule is [C-]#[N+]c1cc(Cl)sc1[C@H]1C[C@@H]1C(N)=O. The van der Waals surface area contributed by atoms with Gasteiger partial charge >= 0.3 is 0 Å². The van der Waals surface area contributed by atoms with E-state index in [4.69, 9.17) is 23.9 Å². The van der Waals surface area contributed by atoms with Crippen LogP contribution < -0.4 is 5.73 Å². The number of nitrogens with two attached hydrogens (primary N) is 1. The first kappa shape index (κ1) is 9.50. The third-order valence-corrected chi connectivity index (χ3v) is 3.71. The molecule has 1 fully saturated rings. The molecule has 0 unspecified atom stereocenters. The zero-order valence-electron chi connectivity index (χ0n) is 7.16. The molecule has 1 amide bonds. The van der Waals surface area contributed by atoms with Crippen molar-refractivity contribution >= 4 is 34.5 Å². The van der Waals surface area contributed by atoms with Crippen molar-refractivity contribution < 1.29 is 4.79 Å². The second-order valence-electron chi connectivity index (χ2n) is 3.26. The Kier molecular flexibility index (Phi) is 2.22. The third kappa shape index (κ3) is 1.49. The van der Waals surface area contributed by atoms with Crippen LogP contribution in [-0.4, -0.2) is 5.91 Å². The molecule has 3 nitrogen and oxygen atoms in total. The highest BCUT2D eigenvalue weighted by molar-refractivity contribution is 7.16. The maximum atomic E-state index is 10.9. The topological polar surface area (TPSA) is 47.5 Å². The summed E-state index contributed by atoms with van der Waals surface area (Å²) in [6.07, 6.45) is 0.759. The van der Waals surface area contributed by atoms with E-state index in [1.165, 1.54) is 11.3 Å². The number of amides is 1. The molecule has 1 aromatic heterocycles. The Morgan fingerprint density at radius 2 is 2.50 bits per heavy atom. The number of thiophene rings is 1. The van der Waals surface area contributed by atoms with Gasteiger partial charge in [-0.15, -0.1) is 11.3 Å². The lowest BCUT2D eigenvalue weighted by atomic mass is 10.2. The first-order chi connectivity index (χ1) is 6.63. The van der Waals surface area contributed by atoms with Crippen molar-refractivity contribution in [3.05, 3.63) is 26.7 Å². The van der Waals surface area contributed by atoms with Crippen molar-refractivity contribution in [1.29, 1.82) is 0 Å². The van der Waals surface area contributed by atoms with Crippen LogP contribution in [0.25, 0.3) is 4.85 Å². The first-order valence-electron chi connectivity index (χ1n) is 4.09. The molecule has 0 spiro atoms. The molecule has 2 rings (SSSR count). The summed E-state index contributed by atoms with van der Waals surface area (Å²) >= 11 is 7.18. The fourth-order valence-electron chi connectivity index (χ4n) is 1.52. The zero-order chi connectivity index (χ0) is 10.3. The van der Waals surface area contributed by atoms with E-state index in [1.54, 1.807) is 6.07 Å². The van der Waals surface area contributed by atoms with Gasteiger partial charge in [-0.05, 0) is 18.4 Å². The molecule has 0 aromatic carbocycles. The molecule has 1 aromatic rings. The Hall–Kier alpha value is -1.05. The number of nitrogens with zero attached hydrogens (tertiary/aromatic N) is 1. The molecular weight excluding hydrogens is 220 g/mol. The monoisotopic (exact) mass is 226 g/mol. The van der Waals surface area contributed by atoms with Gasteiger partial charge in [-0.1, -0.05) is 11.6 Å². The van der Waals surface area contributed by atoms with Gasteiger partial charge in [0.15, 0.2) is 0 Å². The summed E-state index contributed by atoms with van der Waals surface area (Å²) < 4.78 is 0.598. The lowest BCUT2D eigenvalue weighted by molar-refractivity contribution is -0.119. The number of carbonyl (C=O) groups is 1. The van der Waals surface area contributed by atoms with Crippen molar-refractivity contribution in [1.82, 2.24) is 0 Å². The van der Waals surface area contributed by atoms with Crippen LogP contribution in [0.4, 0.5) is 5.69 Å². The van der Waals surface area contributed by atoms with Crippen molar-refractivity contribution in [2.75, 3.05) is 0 Å². The van der Waals surface area contributed by atoms with E-state index in [9.17, 15) is 4.79 Å². The predicted molar refractivity (Wildman–Crippen MR) is 55.6 cm³/mol. The minimum Gasteiger partial charge on any atom is -0.369 e. The Bertz CT molecular complexity index is 435. The molecule has 1 aliphatic rings. The van der Waals surface area contributed by atoms with Gasteiger partial charge in [-0.3, -0.25) is 4.79 Å². The Balaban J connectivity index is 2.27. The molecule has 1 saturated carbocycles. The summed E-state index contributed by atoms with van der Waals surface area (Å²) in [6.45, 7) is 6.95. The van der Waals surface area contributed by atoms with Crippen molar-refractivity contribution in [3.8, 4) is 0 Å². The summed E-state index contributed by atoms with van der Waals surface area (Å²) in [7, 11) is 0. The molecule has 0 bridgehead atoms. The van der Waals surface area contributed by atoms with Gasteiger partial charge in [0.1, 0.15) is 0 Å². The largest absolute Gasteiger partial charge is 0.369 e. The second kappa shape index (κ2) is 3.26. The summed E-state index contributed by atoms with van der Waals surface area (Å²) in [5.41, 5.74) is 5.74. The predicted octanol–water partition coefficient (Wildman–Crippen LogP) is 2.54. The van der Waals surface area contributed by atoms with Crippen molar-refractivity contribution in [2.45, 2.75) is 12.3 Å². The van der Waals surface area contributed by atoms with E-state index < -0.39 is 0 Å². The molecule has 1 aliphatic carbocycles. The van der Waals surface area contributed by atoms with E-state index >= 15 is 0 Å². The van der Waals surface area contributed by atoms with Gasteiger partial charge in [-0.2, -0.15) is 0 Å². The quantitative estimate of drug-likeness (QED) is 0.774. The minimum atomic E-state index is -0.282. The molecule has 2 atom stereocenters. The molecule has 14 heavy (non-hydrogen) atoms. The number of hydrogen-bond acceptors (Lipinski definition) is 2. The highest BCUT2D eigenvalue weighted by Gasteiger charge is 2.44. The fraction of sp³-hybridized carbons (Fsp3) is 0.333. The second-order valence-corrected chi connectivity index (χ2v) is 4.98. The van der Waals surface area contributed by atoms with Crippen molar-refractivity contribution in [3.63, 3.8) is 0 Å². The Morgan fingerprint density at radius 3 is 3.00 bits per heavy atom. The van der Waals surface area contributed by atoms with Gasteiger partial charge < -0.3 is 5.73 Å². The van der Waals surface area contributed by atoms with Crippen LogP contribution in [0.1, 0.15) is 17.2 Å². The number of halogens is 1. The molecule has 0 saturated heterocycles. The minimum absolute atomic E-state index is 0.0924. The number of carbonyl (C=O) groups excluding carboxylic acids is 1. The van der Waals surface area contributed by atoms with Crippen LogP contribution in [0, 0.1) is 12.5 Å². The standard InChI is InChI=1S/C9H7ClN2OS/c1-12-6-3-7(10)14-8(6)4-2-5(4)9(11)13/h3-5H,2H2,(H2,11,13)/t4-,5-/m0/s1. The Morgan fingerprint density at radius 1 is 1.79 bits per heavy atom. The third-order valence-electron chi connectivity index (χ3n) is 2.32.